The number of rotatable bonds is 8. The van der Waals surface area contributed by atoms with Crippen LogP contribution in [0.4, 0.5) is 5.69 Å². The molecule has 20 heavy (non-hydrogen) atoms. The van der Waals surface area contributed by atoms with Gasteiger partial charge >= 0.3 is 0 Å². The fourth-order valence-electron chi connectivity index (χ4n) is 2.44. The first-order valence-electron chi connectivity index (χ1n) is 7.60. The summed E-state index contributed by atoms with van der Waals surface area (Å²) < 4.78 is 0. The van der Waals surface area contributed by atoms with Crippen molar-refractivity contribution in [3.63, 3.8) is 0 Å². The van der Waals surface area contributed by atoms with E-state index in [2.05, 4.69) is 44.4 Å². The lowest BCUT2D eigenvalue weighted by molar-refractivity contribution is -0.117. The molecule has 2 N–H and O–H groups in total. The summed E-state index contributed by atoms with van der Waals surface area (Å²) in [7, 11) is 0. The van der Waals surface area contributed by atoms with Crippen molar-refractivity contribution >= 4 is 11.6 Å². The van der Waals surface area contributed by atoms with E-state index < -0.39 is 0 Å². The molecule has 1 aromatic rings. The van der Waals surface area contributed by atoms with Gasteiger partial charge in [0.25, 0.3) is 0 Å². The van der Waals surface area contributed by atoms with Gasteiger partial charge in [-0.25, -0.2) is 0 Å². The summed E-state index contributed by atoms with van der Waals surface area (Å²) >= 11 is 0. The lowest BCUT2D eigenvalue weighted by Crippen LogP contribution is -2.16. The number of benzene rings is 1. The van der Waals surface area contributed by atoms with E-state index in [0.29, 0.717) is 18.3 Å². The zero-order valence-corrected chi connectivity index (χ0v) is 13.2. The first kappa shape index (κ1) is 16.7. The topological polar surface area (TPSA) is 41.1 Å². The molecular formula is C17H28N2O. The highest BCUT2D eigenvalue weighted by atomic mass is 16.1. The molecular weight excluding hydrogens is 248 g/mol. The molecule has 0 radical (unpaired) electrons. The Morgan fingerprint density at radius 3 is 2.65 bits per heavy atom. The van der Waals surface area contributed by atoms with E-state index in [1.807, 2.05) is 18.2 Å². The fourth-order valence-corrected chi connectivity index (χ4v) is 2.44. The molecule has 3 heteroatoms. The molecule has 1 aromatic carbocycles. The molecule has 0 bridgehead atoms. The molecule has 0 aliphatic heterocycles. The maximum absolute atomic E-state index is 12.0. The number of carbonyl (C=O) groups is 1. The summed E-state index contributed by atoms with van der Waals surface area (Å²) in [5, 5.41) is 6.28. The predicted octanol–water partition coefficient (Wildman–Crippen LogP) is 3.81. The van der Waals surface area contributed by atoms with Gasteiger partial charge in [-0.05, 0) is 42.5 Å². The highest BCUT2D eigenvalue weighted by molar-refractivity contribution is 5.90. The predicted molar refractivity (Wildman–Crippen MR) is 85.7 cm³/mol. The number of amides is 1. The third-order valence-electron chi connectivity index (χ3n) is 3.20. The summed E-state index contributed by atoms with van der Waals surface area (Å²) in [4.78, 5) is 12.0. The summed E-state index contributed by atoms with van der Waals surface area (Å²) in [5.41, 5.74) is 2.09. The first-order valence-corrected chi connectivity index (χ1v) is 7.60. The van der Waals surface area contributed by atoms with E-state index in [-0.39, 0.29) is 5.91 Å². The van der Waals surface area contributed by atoms with Crippen LogP contribution >= 0.6 is 0 Å². The van der Waals surface area contributed by atoms with Crippen molar-refractivity contribution < 1.29 is 4.79 Å². The molecule has 0 aliphatic carbocycles. The monoisotopic (exact) mass is 276 g/mol. The minimum atomic E-state index is 0.110. The Labute approximate surface area is 123 Å². The smallest absolute Gasteiger partial charge is 0.224 e. The Morgan fingerprint density at radius 1 is 1.25 bits per heavy atom. The largest absolute Gasteiger partial charge is 0.326 e. The van der Waals surface area contributed by atoms with Gasteiger partial charge in [0.05, 0.1) is 0 Å². The molecule has 0 heterocycles. The Kier molecular flexibility index (Phi) is 7.31. The Hall–Kier alpha value is -1.35. The maximum atomic E-state index is 12.0. The summed E-state index contributed by atoms with van der Waals surface area (Å²) in [6.07, 6.45) is 1.68. The van der Waals surface area contributed by atoms with E-state index in [4.69, 9.17) is 0 Å². The normalized spacial score (nSPS) is 12.4. The molecule has 0 spiro atoms. The highest BCUT2D eigenvalue weighted by Crippen LogP contribution is 2.16. The summed E-state index contributed by atoms with van der Waals surface area (Å²) in [5.74, 6) is 1.18. The SMILES string of the molecule is CCNCc1cccc(NC(=O)CC(C)CC(C)C)c1. The van der Waals surface area contributed by atoms with Crippen LogP contribution in [0.2, 0.25) is 0 Å². The average Bonchev–Trinajstić information content (AvgIpc) is 2.35. The van der Waals surface area contributed by atoms with Gasteiger partial charge in [0.2, 0.25) is 5.91 Å². The third-order valence-corrected chi connectivity index (χ3v) is 3.20. The molecule has 0 fully saturated rings. The Morgan fingerprint density at radius 2 is 2.00 bits per heavy atom. The van der Waals surface area contributed by atoms with Crippen molar-refractivity contribution in [3.8, 4) is 0 Å². The lowest BCUT2D eigenvalue weighted by Gasteiger charge is -2.14. The molecule has 1 unspecified atom stereocenters. The van der Waals surface area contributed by atoms with E-state index in [1.165, 1.54) is 5.56 Å². The molecule has 0 saturated heterocycles. The quantitative estimate of drug-likeness (QED) is 0.758. The lowest BCUT2D eigenvalue weighted by atomic mass is 9.96. The van der Waals surface area contributed by atoms with Crippen LogP contribution in [0.15, 0.2) is 24.3 Å². The van der Waals surface area contributed by atoms with E-state index in [9.17, 15) is 4.79 Å². The minimum absolute atomic E-state index is 0.110. The number of anilines is 1. The van der Waals surface area contributed by atoms with Crippen LogP contribution in [0.3, 0.4) is 0 Å². The van der Waals surface area contributed by atoms with Crippen LogP contribution < -0.4 is 10.6 Å². The van der Waals surface area contributed by atoms with Crippen LogP contribution in [0.1, 0.15) is 46.1 Å². The Bertz CT molecular complexity index is 415. The third kappa shape index (κ3) is 6.71. The average molecular weight is 276 g/mol. The van der Waals surface area contributed by atoms with Crippen LogP contribution in [0.5, 0.6) is 0 Å². The number of nitrogens with one attached hydrogen (secondary N) is 2. The first-order chi connectivity index (χ1) is 9.51. The van der Waals surface area contributed by atoms with Gasteiger partial charge in [0.1, 0.15) is 0 Å². The minimum Gasteiger partial charge on any atom is -0.326 e. The van der Waals surface area contributed by atoms with Gasteiger partial charge in [0.15, 0.2) is 0 Å². The molecule has 0 saturated carbocycles. The molecule has 3 nitrogen and oxygen atoms in total. The van der Waals surface area contributed by atoms with Crippen molar-refractivity contribution in [2.24, 2.45) is 11.8 Å². The molecule has 0 aliphatic rings. The van der Waals surface area contributed by atoms with Gasteiger partial charge in [-0.1, -0.05) is 39.8 Å². The Balaban J connectivity index is 2.48. The maximum Gasteiger partial charge on any atom is 0.224 e. The second kappa shape index (κ2) is 8.75. The van der Waals surface area contributed by atoms with Crippen molar-refractivity contribution in [2.45, 2.75) is 47.1 Å². The zero-order valence-electron chi connectivity index (χ0n) is 13.2. The van der Waals surface area contributed by atoms with Gasteiger partial charge in [-0.3, -0.25) is 4.79 Å². The molecule has 0 aromatic heterocycles. The van der Waals surface area contributed by atoms with Gasteiger partial charge in [-0.2, -0.15) is 0 Å². The molecule has 1 amide bonds. The van der Waals surface area contributed by atoms with Gasteiger partial charge in [-0.15, -0.1) is 0 Å². The van der Waals surface area contributed by atoms with Crippen molar-refractivity contribution in [1.82, 2.24) is 5.32 Å². The standard InChI is InChI=1S/C17H28N2O/c1-5-18-12-15-7-6-8-16(11-15)19-17(20)10-14(4)9-13(2)3/h6-8,11,13-14,18H,5,9-10,12H2,1-4H3,(H,19,20). The second-order valence-electron chi connectivity index (χ2n) is 5.97. The van der Waals surface area contributed by atoms with Gasteiger partial charge in [0, 0.05) is 18.7 Å². The van der Waals surface area contributed by atoms with Crippen LogP contribution in [0.25, 0.3) is 0 Å². The fraction of sp³-hybridized carbons (Fsp3) is 0.588. The number of hydrogen-bond acceptors (Lipinski definition) is 2. The van der Waals surface area contributed by atoms with Crippen molar-refractivity contribution in [3.05, 3.63) is 29.8 Å². The summed E-state index contributed by atoms with van der Waals surface area (Å²) in [6.45, 7) is 10.4. The molecule has 1 atom stereocenters. The number of hydrogen-bond donors (Lipinski definition) is 2. The highest BCUT2D eigenvalue weighted by Gasteiger charge is 2.11. The summed E-state index contributed by atoms with van der Waals surface area (Å²) in [6, 6.07) is 8.04. The van der Waals surface area contributed by atoms with E-state index in [0.717, 1.165) is 25.2 Å². The molecule has 112 valence electrons. The van der Waals surface area contributed by atoms with Crippen LogP contribution in [-0.2, 0) is 11.3 Å². The van der Waals surface area contributed by atoms with Crippen molar-refractivity contribution in [1.29, 1.82) is 0 Å². The van der Waals surface area contributed by atoms with Crippen LogP contribution in [0, 0.1) is 11.8 Å². The zero-order chi connectivity index (χ0) is 15.0. The van der Waals surface area contributed by atoms with E-state index >= 15 is 0 Å². The second-order valence-corrected chi connectivity index (χ2v) is 5.97. The van der Waals surface area contributed by atoms with Crippen LogP contribution in [-0.4, -0.2) is 12.5 Å². The van der Waals surface area contributed by atoms with Crippen molar-refractivity contribution in [2.75, 3.05) is 11.9 Å². The molecule has 1 rings (SSSR count). The van der Waals surface area contributed by atoms with E-state index in [1.54, 1.807) is 0 Å². The van der Waals surface area contributed by atoms with Gasteiger partial charge < -0.3 is 10.6 Å². The number of carbonyl (C=O) groups excluding carboxylic acids is 1.